The van der Waals surface area contributed by atoms with E-state index in [1.54, 1.807) is 30.2 Å². The summed E-state index contributed by atoms with van der Waals surface area (Å²) in [6.07, 6.45) is 0.514. The zero-order valence-electron chi connectivity index (χ0n) is 16.9. The number of sulfone groups is 1. The number of hydrogen-bond donors (Lipinski definition) is 0. The van der Waals surface area contributed by atoms with Crippen LogP contribution in [0.1, 0.15) is 43.1 Å². The summed E-state index contributed by atoms with van der Waals surface area (Å²) in [4.78, 5) is 26.2. The Morgan fingerprint density at radius 3 is 2.57 bits per heavy atom. The molecule has 1 aromatic carbocycles. The molecule has 28 heavy (non-hydrogen) atoms. The van der Waals surface area contributed by atoms with E-state index in [1.165, 1.54) is 18.7 Å². The van der Waals surface area contributed by atoms with E-state index in [9.17, 15) is 18.0 Å². The van der Waals surface area contributed by atoms with E-state index in [0.29, 0.717) is 30.0 Å². The average molecular weight is 428 g/mol. The molecule has 156 valence electrons. The van der Waals surface area contributed by atoms with Gasteiger partial charge in [-0.25, -0.2) is 8.42 Å². The van der Waals surface area contributed by atoms with Crippen LogP contribution in [0, 0.1) is 5.92 Å². The first-order chi connectivity index (χ1) is 13.1. The molecule has 2 rings (SSSR count). The van der Waals surface area contributed by atoms with Gasteiger partial charge >= 0.3 is 0 Å². The van der Waals surface area contributed by atoms with Crippen LogP contribution in [-0.2, 0) is 20.4 Å². The fourth-order valence-electron chi connectivity index (χ4n) is 3.31. The molecule has 1 aliphatic heterocycles. The highest BCUT2D eigenvalue weighted by molar-refractivity contribution is 7.99. The van der Waals surface area contributed by atoms with Gasteiger partial charge in [-0.3, -0.25) is 9.59 Å². The largest absolute Gasteiger partial charge is 0.496 e. The summed E-state index contributed by atoms with van der Waals surface area (Å²) < 4.78 is 29.0. The first-order valence-corrected chi connectivity index (χ1v) is 12.4. The molecule has 0 spiro atoms. The smallest absolute Gasteiger partial charge is 0.232 e. The second kappa shape index (κ2) is 9.78. The van der Waals surface area contributed by atoms with Crippen LogP contribution in [0.25, 0.3) is 0 Å². The van der Waals surface area contributed by atoms with Crippen LogP contribution in [0.3, 0.4) is 0 Å². The molecule has 0 unspecified atom stereocenters. The lowest BCUT2D eigenvalue weighted by molar-refractivity contribution is -0.130. The monoisotopic (exact) mass is 427 g/mol. The van der Waals surface area contributed by atoms with Gasteiger partial charge in [0.2, 0.25) is 5.91 Å². The minimum atomic E-state index is -3.04. The van der Waals surface area contributed by atoms with E-state index in [2.05, 4.69) is 0 Å². The quantitative estimate of drug-likeness (QED) is 0.564. The van der Waals surface area contributed by atoms with Crippen LogP contribution in [0.5, 0.6) is 5.75 Å². The number of ketones is 1. The van der Waals surface area contributed by atoms with E-state index >= 15 is 0 Å². The molecule has 0 aromatic heterocycles. The minimum Gasteiger partial charge on any atom is -0.496 e. The lowest BCUT2D eigenvalue weighted by atomic mass is 10.1. The molecule has 6 nitrogen and oxygen atoms in total. The summed E-state index contributed by atoms with van der Waals surface area (Å²) in [5.41, 5.74) is 1.48. The Kier molecular flexibility index (Phi) is 7.95. The topological polar surface area (TPSA) is 80.8 Å². The number of amides is 1. The number of ether oxygens (including phenoxy) is 1. The lowest BCUT2D eigenvalue weighted by Gasteiger charge is -2.30. The molecule has 1 atom stereocenters. The molecule has 1 amide bonds. The predicted molar refractivity (Wildman–Crippen MR) is 113 cm³/mol. The lowest BCUT2D eigenvalue weighted by Crippen LogP contribution is -2.44. The van der Waals surface area contributed by atoms with Crippen LogP contribution in [0.15, 0.2) is 18.2 Å². The molecule has 0 saturated carbocycles. The van der Waals surface area contributed by atoms with Crippen molar-refractivity contribution in [2.75, 3.05) is 30.9 Å². The molecule has 1 fully saturated rings. The summed E-state index contributed by atoms with van der Waals surface area (Å²) in [6, 6.07) is 5.07. The Labute approximate surface area is 171 Å². The summed E-state index contributed by atoms with van der Waals surface area (Å²) in [7, 11) is -1.47. The van der Waals surface area contributed by atoms with Gasteiger partial charge < -0.3 is 9.64 Å². The highest BCUT2D eigenvalue weighted by atomic mass is 32.2. The molecule has 1 heterocycles. The van der Waals surface area contributed by atoms with E-state index in [1.807, 2.05) is 13.8 Å². The molecule has 0 bridgehead atoms. The van der Waals surface area contributed by atoms with Gasteiger partial charge in [0.15, 0.2) is 15.6 Å². The second-order valence-corrected chi connectivity index (χ2v) is 10.8. The Morgan fingerprint density at radius 2 is 2.04 bits per heavy atom. The van der Waals surface area contributed by atoms with Gasteiger partial charge in [-0.15, -0.1) is 11.8 Å². The number of carbonyl (C=O) groups is 2. The SMILES string of the molecule is COc1ccc(C(C)=O)cc1CSCC(=O)N(CC(C)C)[C@@H]1CCS(=O)(=O)C1. The van der Waals surface area contributed by atoms with E-state index in [4.69, 9.17) is 4.74 Å². The number of benzene rings is 1. The van der Waals surface area contributed by atoms with E-state index < -0.39 is 9.84 Å². The zero-order valence-corrected chi connectivity index (χ0v) is 18.6. The minimum absolute atomic E-state index is 0.0180. The first-order valence-electron chi connectivity index (χ1n) is 9.38. The van der Waals surface area contributed by atoms with Crippen LogP contribution >= 0.6 is 11.8 Å². The summed E-state index contributed by atoms with van der Waals surface area (Å²) in [6.45, 7) is 6.12. The molecule has 8 heteroatoms. The van der Waals surface area contributed by atoms with Gasteiger partial charge in [-0.2, -0.15) is 0 Å². The maximum absolute atomic E-state index is 12.8. The van der Waals surface area contributed by atoms with Gasteiger partial charge in [-0.05, 0) is 37.5 Å². The Bertz CT molecular complexity index is 820. The van der Waals surface area contributed by atoms with Gasteiger partial charge in [0.05, 0.1) is 24.4 Å². The van der Waals surface area contributed by atoms with Crippen LogP contribution in [0.4, 0.5) is 0 Å². The van der Waals surface area contributed by atoms with E-state index in [-0.39, 0.29) is 40.9 Å². The fraction of sp³-hybridized carbons (Fsp3) is 0.600. The number of methoxy groups -OCH3 is 1. The van der Waals surface area contributed by atoms with Crippen molar-refractivity contribution in [3.63, 3.8) is 0 Å². The van der Waals surface area contributed by atoms with Crippen LogP contribution in [0.2, 0.25) is 0 Å². The average Bonchev–Trinajstić information content (AvgIpc) is 2.98. The highest BCUT2D eigenvalue weighted by Crippen LogP contribution is 2.26. The van der Waals surface area contributed by atoms with Crippen molar-refractivity contribution in [3.8, 4) is 5.75 Å². The molecule has 1 aliphatic rings. The maximum atomic E-state index is 12.8. The Hall–Kier alpha value is -1.54. The number of rotatable bonds is 9. The second-order valence-electron chi connectivity index (χ2n) is 7.57. The van der Waals surface area contributed by atoms with Crippen molar-refractivity contribution in [1.82, 2.24) is 4.90 Å². The number of hydrogen-bond acceptors (Lipinski definition) is 6. The Morgan fingerprint density at radius 1 is 1.32 bits per heavy atom. The number of thioether (sulfide) groups is 1. The van der Waals surface area contributed by atoms with Crippen LogP contribution < -0.4 is 4.74 Å². The summed E-state index contributed by atoms with van der Waals surface area (Å²) >= 11 is 1.45. The normalized spacial score (nSPS) is 18.2. The summed E-state index contributed by atoms with van der Waals surface area (Å²) in [5, 5.41) is 0. The standard InChI is InChI=1S/C20H29NO5S2/c1-14(2)10-21(18-7-8-28(24,25)13-18)20(23)12-27-11-17-9-16(15(3)22)5-6-19(17)26-4/h5-6,9,14,18H,7-8,10-13H2,1-4H3/t18-/m1/s1. The molecule has 1 aromatic rings. The van der Waals surface area contributed by atoms with Crippen molar-refractivity contribution >= 4 is 33.3 Å². The first kappa shape index (κ1) is 22.7. The predicted octanol–water partition coefficient (Wildman–Crippen LogP) is 2.80. The van der Waals surface area contributed by atoms with Crippen molar-refractivity contribution in [2.45, 2.75) is 39.0 Å². The van der Waals surface area contributed by atoms with Gasteiger partial charge in [0.1, 0.15) is 5.75 Å². The molecular formula is C20H29NO5S2. The number of Topliss-reactive ketones (excluding diaryl/α,β-unsaturated/α-hetero) is 1. The van der Waals surface area contributed by atoms with Gasteiger partial charge in [0, 0.05) is 29.5 Å². The highest BCUT2D eigenvalue weighted by Gasteiger charge is 2.34. The third-order valence-corrected chi connectivity index (χ3v) is 7.42. The zero-order chi connectivity index (χ0) is 20.9. The number of nitrogens with zero attached hydrogens (tertiary/aromatic N) is 1. The third kappa shape index (κ3) is 6.24. The third-order valence-electron chi connectivity index (χ3n) is 4.70. The van der Waals surface area contributed by atoms with Crippen molar-refractivity contribution in [2.24, 2.45) is 5.92 Å². The molecule has 0 radical (unpaired) electrons. The summed E-state index contributed by atoms with van der Waals surface area (Å²) in [5.74, 6) is 1.91. The maximum Gasteiger partial charge on any atom is 0.232 e. The van der Waals surface area contributed by atoms with Crippen molar-refractivity contribution in [1.29, 1.82) is 0 Å². The molecular weight excluding hydrogens is 398 g/mol. The Balaban J connectivity index is 2.03. The van der Waals surface area contributed by atoms with Gasteiger partial charge in [-0.1, -0.05) is 13.8 Å². The molecule has 0 N–H and O–H groups in total. The molecule has 1 saturated heterocycles. The van der Waals surface area contributed by atoms with Crippen molar-refractivity contribution in [3.05, 3.63) is 29.3 Å². The number of carbonyl (C=O) groups excluding carboxylic acids is 2. The van der Waals surface area contributed by atoms with E-state index in [0.717, 1.165) is 5.56 Å². The molecule has 0 aliphatic carbocycles. The van der Waals surface area contributed by atoms with Gasteiger partial charge in [0.25, 0.3) is 0 Å². The fourth-order valence-corrected chi connectivity index (χ4v) is 5.93. The van der Waals surface area contributed by atoms with Crippen LogP contribution in [-0.4, -0.2) is 62.0 Å². The van der Waals surface area contributed by atoms with Crippen molar-refractivity contribution < 1.29 is 22.7 Å².